The summed E-state index contributed by atoms with van der Waals surface area (Å²) in [6, 6.07) is 7.36. The van der Waals surface area contributed by atoms with Crippen molar-refractivity contribution in [1.82, 2.24) is 5.32 Å². The number of hydrogen-bond donors (Lipinski definition) is 1. The average molecular weight is 374 g/mol. The molecule has 0 unspecified atom stereocenters. The third-order valence-corrected chi connectivity index (χ3v) is 4.76. The van der Waals surface area contributed by atoms with Crippen LogP contribution in [-0.4, -0.2) is 37.7 Å². The fraction of sp³-hybridized carbons (Fsp3) is 0.550. The van der Waals surface area contributed by atoms with Crippen LogP contribution in [-0.2, 0) is 20.7 Å². The zero-order valence-electron chi connectivity index (χ0n) is 16.0. The lowest BCUT2D eigenvalue weighted by Gasteiger charge is -2.32. The van der Waals surface area contributed by atoms with Crippen molar-refractivity contribution in [2.24, 2.45) is 0 Å². The minimum Gasteiger partial charge on any atom is -0.493 e. The predicted molar refractivity (Wildman–Crippen MR) is 98.4 cm³/mol. The van der Waals surface area contributed by atoms with Crippen molar-refractivity contribution in [2.75, 3.05) is 14.2 Å². The van der Waals surface area contributed by atoms with Crippen molar-refractivity contribution in [3.05, 3.63) is 23.8 Å². The number of nitrogens with zero attached hydrogens (tertiary/aromatic N) is 1. The Morgan fingerprint density at radius 2 is 1.85 bits per heavy atom. The van der Waals surface area contributed by atoms with Gasteiger partial charge in [0.15, 0.2) is 17.6 Å². The highest BCUT2D eigenvalue weighted by molar-refractivity contribution is 5.84. The summed E-state index contributed by atoms with van der Waals surface area (Å²) >= 11 is 0. The topological polar surface area (TPSA) is 97.6 Å². The van der Waals surface area contributed by atoms with Crippen LogP contribution in [0.5, 0.6) is 11.5 Å². The van der Waals surface area contributed by atoms with E-state index in [2.05, 4.69) is 11.4 Å². The molecule has 1 aromatic rings. The van der Waals surface area contributed by atoms with Gasteiger partial charge in [0, 0.05) is 0 Å². The summed E-state index contributed by atoms with van der Waals surface area (Å²) in [5, 5.41) is 12.2. The molecule has 7 heteroatoms. The third kappa shape index (κ3) is 5.36. The Bertz CT molecular complexity index is 720. The van der Waals surface area contributed by atoms with Gasteiger partial charge < -0.3 is 19.5 Å². The number of amides is 1. The zero-order chi connectivity index (χ0) is 19.9. The van der Waals surface area contributed by atoms with Crippen molar-refractivity contribution in [3.63, 3.8) is 0 Å². The van der Waals surface area contributed by atoms with Gasteiger partial charge in [-0.2, -0.15) is 5.26 Å². The molecule has 146 valence electrons. The highest BCUT2D eigenvalue weighted by atomic mass is 16.5. The van der Waals surface area contributed by atoms with Gasteiger partial charge in [-0.3, -0.25) is 9.59 Å². The lowest BCUT2D eigenvalue weighted by molar-refractivity contribution is -0.154. The van der Waals surface area contributed by atoms with Crippen LogP contribution in [0.4, 0.5) is 0 Å². The molecule has 27 heavy (non-hydrogen) atoms. The second-order valence-corrected chi connectivity index (χ2v) is 6.74. The number of methoxy groups -OCH3 is 2. The van der Waals surface area contributed by atoms with Crippen LogP contribution in [0, 0.1) is 11.3 Å². The summed E-state index contributed by atoms with van der Waals surface area (Å²) in [7, 11) is 3.05. The number of nitriles is 1. The van der Waals surface area contributed by atoms with E-state index in [1.807, 2.05) is 0 Å². The monoisotopic (exact) mass is 374 g/mol. The lowest BCUT2D eigenvalue weighted by atomic mass is 9.83. The Morgan fingerprint density at radius 1 is 1.19 bits per heavy atom. The molecule has 0 aliphatic heterocycles. The largest absolute Gasteiger partial charge is 0.493 e. The molecule has 1 fully saturated rings. The van der Waals surface area contributed by atoms with Crippen LogP contribution in [0.2, 0.25) is 0 Å². The van der Waals surface area contributed by atoms with Gasteiger partial charge >= 0.3 is 5.97 Å². The molecule has 0 heterocycles. The first-order chi connectivity index (χ1) is 12.9. The number of ether oxygens (including phenoxy) is 3. The number of nitrogens with one attached hydrogen (secondary N) is 1. The summed E-state index contributed by atoms with van der Waals surface area (Å²) in [5.41, 5.74) is -0.162. The molecule has 0 radical (unpaired) electrons. The van der Waals surface area contributed by atoms with Crippen molar-refractivity contribution in [1.29, 1.82) is 5.26 Å². The van der Waals surface area contributed by atoms with E-state index < -0.39 is 23.5 Å². The van der Waals surface area contributed by atoms with Gasteiger partial charge in [0.2, 0.25) is 0 Å². The quantitative estimate of drug-likeness (QED) is 0.737. The molecule has 0 saturated heterocycles. The molecule has 0 bridgehead atoms. The fourth-order valence-corrected chi connectivity index (χ4v) is 3.21. The summed E-state index contributed by atoms with van der Waals surface area (Å²) in [4.78, 5) is 24.6. The summed E-state index contributed by atoms with van der Waals surface area (Å²) in [5.74, 6) is 0.108. The first-order valence-corrected chi connectivity index (χ1v) is 9.06. The molecular weight excluding hydrogens is 348 g/mol. The molecule has 1 aliphatic rings. The van der Waals surface area contributed by atoms with E-state index in [1.165, 1.54) is 21.1 Å². The van der Waals surface area contributed by atoms with Crippen molar-refractivity contribution in [3.8, 4) is 17.6 Å². The molecule has 1 saturated carbocycles. The molecule has 1 atom stereocenters. The number of hydrogen-bond acceptors (Lipinski definition) is 6. The van der Waals surface area contributed by atoms with Gasteiger partial charge in [-0.15, -0.1) is 0 Å². The molecule has 0 aromatic heterocycles. The maximum Gasteiger partial charge on any atom is 0.311 e. The SMILES string of the molecule is COc1ccc(CC(=O)O[C@@H](C)C(=O)NC2(C#N)CCCCC2)cc1OC. The van der Waals surface area contributed by atoms with Crippen molar-refractivity contribution < 1.29 is 23.8 Å². The van der Waals surface area contributed by atoms with Gasteiger partial charge in [0.1, 0.15) is 5.54 Å². The lowest BCUT2D eigenvalue weighted by Crippen LogP contribution is -2.52. The van der Waals surface area contributed by atoms with E-state index in [-0.39, 0.29) is 6.42 Å². The van der Waals surface area contributed by atoms with Crippen molar-refractivity contribution in [2.45, 2.75) is 57.1 Å². The molecule has 1 aliphatic carbocycles. The average Bonchev–Trinajstić information content (AvgIpc) is 2.68. The van der Waals surface area contributed by atoms with Crippen LogP contribution < -0.4 is 14.8 Å². The summed E-state index contributed by atoms with van der Waals surface area (Å²) in [6.07, 6.45) is 3.16. The fourth-order valence-electron chi connectivity index (χ4n) is 3.21. The second kappa shape index (κ2) is 9.26. The maximum atomic E-state index is 12.4. The summed E-state index contributed by atoms with van der Waals surface area (Å²) < 4.78 is 15.6. The van der Waals surface area contributed by atoms with Gasteiger partial charge in [0.05, 0.1) is 26.7 Å². The first kappa shape index (κ1) is 20.6. The van der Waals surface area contributed by atoms with Gasteiger partial charge in [0.25, 0.3) is 5.91 Å². The number of carbonyl (C=O) groups excluding carboxylic acids is 2. The van der Waals surface area contributed by atoms with Crippen LogP contribution in [0.25, 0.3) is 0 Å². The smallest absolute Gasteiger partial charge is 0.311 e. The Kier molecular flexibility index (Phi) is 7.05. The Morgan fingerprint density at radius 3 is 2.44 bits per heavy atom. The van der Waals surface area contributed by atoms with Crippen LogP contribution in [0.3, 0.4) is 0 Å². The number of esters is 1. The molecule has 0 spiro atoms. The minimum absolute atomic E-state index is 0.00136. The molecular formula is C20H26N2O5. The number of rotatable bonds is 7. The van der Waals surface area contributed by atoms with E-state index in [4.69, 9.17) is 14.2 Å². The van der Waals surface area contributed by atoms with E-state index in [1.54, 1.807) is 18.2 Å². The van der Waals surface area contributed by atoms with E-state index in [9.17, 15) is 14.9 Å². The molecule has 1 aromatic carbocycles. The van der Waals surface area contributed by atoms with Crippen molar-refractivity contribution >= 4 is 11.9 Å². The molecule has 2 rings (SSSR count). The Balaban J connectivity index is 1.93. The number of carbonyl (C=O) groups is 2. The molecule has 7 nitrogen and oxygen atoms in total. The van der Waals surface area contributed by atoms with Gasteiger partial charge in [-0.1, -0.05) is 25.3 Å². The highest BCUT2D eigenvalue weighted by Gasteiger charge is 2.35. The summed E-state index contributed by atoms with van der Waals surface area (Å²) in [6.45, 7) is 1.51. The number of benzene rings is 1. The van der Waals surface area contributed by atoms with Gasteiger partial charge in [-0.25, -0.2) is 0 Å². The maximum absolute atomic E-state index is 12.4. The van der Waals surface area contributed by atoms with E-state index in [0.29, 0.717) is 29.9 Å². The van der Waals surface area contributed by atoms with Crippen LogP contribution in [0.1, 0.15) is 44.6 Å². The first-order valence-electron chi connectivity index (χ1n) is 9.06. The molecule has 1 N–H and O–H groups in total. The Hall–Kier alpha value is -2.75. The minimum atomic E-state index is -0.968. The standard InChI is InChI=1S/C20H26N2O5/c1-14(19(24)22-20(13-21)9-5-4-6-10-20)27-18(23)12-15-7-8-16(25-2)17(11-15)26-3/h7-8,11,14H,4-6,9-10,12H2,1-3H3,(H,22,24)/t14-/m0/s1. The predicted octanol–water partition coefficient (Wildman–Crippen LogP) is 2.52. The van der Waals surface area contributed by atoms with E-state index >= 15 is 0 Å². The van der Waals surface area contributed by atoms with E-state index in [0.717, 1.165) is 19.3 Å². The normalized spacial score (nSPS) is 16.5. The highest BCUT2D eigenvalue weighted by Crippen LogP contribution is 2.28. The third-order valence-electron chi connectivity index (χ3n) is 4.76. The molecule has 1 amide bonds. The van der Waals surface area contributed by atoms with Gasteiger partial charge in [-0.05, 0) is 37.5 Å². The second-order valence-electron chi connectivity index (χ2n) is 6.74. The van der Waals surface area contributed by atoms with Crippen LogP contribution in [0.15, 0.2) is 18.2 Å². The van der Waals surface area contributed by atoms with Crippen LogP contribution >= 0.6 is 0 Å². The zero-order valence-corrected chi connectivity index (χ0v) is 16.0. The Labute approximate surface area is 159 Å².